The van der Waals surface area contributed by atoms with Crippen molar-refractivity contribution in [3.8, 4) is 0 Å². The highest BCUT2D eigenvalue weighted by Gasteiger charge is 2.40. The topological polar surface area (TPSA) is 21.6 Å². The summed E-state index contributed by atoms with van der Waals surface area (Å²) >= 11 is 5.92. The molecule has 0 saturated heterocycles. The molecule has 0 radical (unpaired) electrons. The molecule has 0 unspecified atom stereocenters. The molecule has 2 atom stereocenters. The largest absolute Gasteiger partial charge is 0.391 e. The van der Waals surface area contributed by atoms with Crippen LogP contribution >= 0.6 is 11.6 Å². The van der Waals surface area contributed by atoms with Crippen LogP contribution < -0.4 is 0 Å². The van der Waals surface area contributed by atoms with Crippen molar-refractivity contribution >= 4 is 17.3 Å². The van der Waals surface area contributed by atoms with E-state index in [2.05, 4.69) is 17.3 Å². The Labute approximate surface area is 130 Å². The van der Waals surface area contributed by atoms with E-state index >= 15 is 0 Å². The van der Waals surface area contributed by atoms with Crippen molar-refractivity contribution in [2.75, 3.05) is 0 Å². The molecule has 108 valence electrons. The van der Waals surface area contributed by atoms with Crippen molar-refractivity contribution in [1.29, 1.82) is 0 Å². The average molecular weight is 300 g/mol. The predicted octanol–water partition coefficient (Wildman–Crippen LogP) is 5.04. The fraction of sp³-hybridized carbons (Fsp3) is 0.278. The van der Waals surface area contributed by atoms with Crippen LogP contribution in [0.5, 0.6) is 0 Å². The molecule has 1 fully saturated rings. The maximum Gasteiger partial charge on any atom is 0.142 e. The molecule has 3 rings (SSSR count). The second kappa shape index (κ2) is 6.31. The Bertz CT molecular complexity index is 621. The Kier molecular flexibility index (Phi) is 4.26. The van der Waals surface area contributed by atoms with Gasteiger partial charge in [0.2, 0.25) is 0 Å². The van der Waals surface area contributed by atoms with Gasteiger partial charge in [0.25, 0.3) is 0 Å². The lowest BCUT2D eigenvalue weighted by molar-refractivity contribution is 0.129. The first kappa shape index (κ1) is 14.2. The summed E-state index contributed by atoms with van der Waals surface area (Å²) in [5.41, 5.74) is 3.55. The Morgan fingerprint density at radius 2 is 1.86 bits per heavy atom. The first-order valence-electron chi connectivity index (χ1n) is 7.20. The minimum atomic E-state index is 0.502. The molecule has 1 aliphatic rings. The lowest BCUT2D eigenvalue weighted by Gasteiger charge is -2.03. The normalized spacial score (nSPS) is 21.1. The quantitative estimate of drug-likeness (QED) is 0.560. The summed E-state index contributed by atoms with van der Waals surface area (Å²) in [4.78, 5) is 5.45. The van der Waals surface area contributed by atoms with Crippen LogP contribution in [0.2, 0.25) is 5.02 Å². The Hall–Kier alpha value is -1.80. The molecule has 0 bridgehead atoms. The van der Waals surface area contributed by atoms with Crippen molar-refractivity contribution < 1.29 is 4.84 Å². The molecule has 2 nitrogen and oxygen atoms in total. The molecule has 0 aromatic heterocycles. The van der Waals surface area contributed by atoms with E-state index in [1.165, 1.54) is 5.56 Å². The molecule has 21 heavy (non-hydrogen) atoms. The fourth-order valence-corrected chi connectivity index (χ4v) is 2.71. The zero-order valence-corrected chi connectivity index (χ0v) is 12.8. The molecule has 1 aliphatic carbocycles. The molecule has 3 heteroatoms. The van der Waals surface area contributed by atoms with Crippen LogP contribution in [0, 0.1) is 5.92 Å². The van der Waals surface area contributed by atoms with Crippen LogP contribution in [-0.2, 0) is 11.4 Å². The van der Waals surface area contributed by atoms with E-state index < -0.39 is 0 Å². The summed E-state index contributed by atoms with van der Waals surface area (Å²) in [5.74, 6) is 1.06. The van der Waals surface area contributed by atoms with E-state index in [-0.39, 0.29) is 0 Å². The van der Waals surface area contributed by atoms with Gasteiger partial charge >= 0.3 is 0 Å². The fourth-order valence-electron chi connectivity index (χ4n) is 2.59. The van der Waals surface area contributed by atoms with E-state index in [1.807, 2.05) is 49.4 Å². The van der Waals surface area contributed by atoms with E-state index in [1.54, 1.807) is 0 Å². The monoisotopic (exact) mass is 299 g/mol. The van der Waals surface area contributed by atoms with Crippen LogP contribution in [0.25, 0.3) is 0 Å². The summed E-state index contributed by atoms with van der Waals surface area (Å²) in [7, 11) is 0. The van der Waals surface area contributed by atoms with Gasteiger partial charge in [-0.2, -0.15) is 0 Å². The lowest BCUT2D eigenvalue weighted by atomic mass is 10.1. The highest BCUT2D eigenvalue weighted by Crippen LogP contribution is 2.48. The summed E-state index contributed by atoms with van der Waals surface area (Å²) in [6, 6.07) is 18.2. The highest BCUT2D eigenvalue weighted by molar-refractivity contribution is 6.30. The van der Waals surface area contributed by atoms with Gasteiger partial charge in [0, 0.05) is 10.9 Å². The lowest BCUT2D eigenvalue weighted by Crippen LogP contribution is -1.98. The predicted molar refractivity (Wildman–Crippen MR) is 86.6 cm³/mol. The smallest absolute Gasteiger partial charge is 0.142 e. The number of hydrogen-bond acceptors (Lipinski definition) is 2. The summed E-state index contributed by atoms with van der Waals surface area (Å²) < 4.78 is 0. The highest BCUT2D eigenvalue weighted by atomic mass is 35.5. The van der Waals surface area contributed by atoms with Crippen molar-refractivity contribution in [3.05, 3.63) is 70.7 Å². The first-order chi connectivity index (χ1) is 10.2. The van der Waals surface area contributed by atoms with Crippen molar-refractivity contribution in [3.63, 3.8) is 0 Å². The van der Waals surface area contributed by atoms with E-state index in [0.717, 1.165) is 22.7 Å². The van der Waals surface area contributed by atoms with Gasteiger partial charge in [-0.3, -0.25) is 0 Å². The zero-order chi connectivity index (χ0) is 14.7. The van der Waals surface area contributed by atoms with Crippen LogP contribution in [0.15, 0.2) is 59.8 Å². The standard InChI is InChI=1S/C18H18ClNO/c1-13(20-21-12-14-5-3-2-4-6-14)17-11-18(17)15-7-9-16(19)10-8-15/h2-10,17-18H,11-12H2,1H3/t17-,18+/m1/s1. The van der Waals surface area contributed by atoms with Gasteiger partial charge in [0.15, 0.2) is 0 Å². The van der Waals surface area contributed by atoms with Gasteiger partial charge in [-0.25, -0.2) is 0 Å². The minimum absolute atomic E-state index is 0.502. The third kappa shape index (κ3) is 3.64. The second-order valence-corrected chi connectivity index (χ2v) is 5.93. The van der Waals surface area contributed by atoms with Gasteiger partial charge in [0.1, 0.15) is 6.61 Å². The zero-order valence-electron chi connectivity index (χ0n) is 12.0. The van der Waals surface area contributed by atoms with E-state index in [4.69, 9.17) is 16.4 Å². The maximum atomic E-state index is 5.92. The molecular weight excluding hydrogens is 282 g/mol. The van der Waals surface area contributed by atoms with Gasteiger partial charge < -0.3 is 4.84 Å². The maximum absolute atomic E-state index is 5.92. The average Bonchev–Trinajstić information content (AvgIpc) is 3.30. The van der Waals surface area contributed by atoms with Crippen LogP contribution in [0.4, 0.5) is 0 Å². The SMILES string of the molecule is CC(=NOCc1ccccc1)[C@H]1C[C@H]1c1ccc(Cl)cc1. The van der Waals surface area contributed by atoms with Gasteiger partial charge in [0.05, 0.1) is 5.71 Å². The molecule has 1 saturated carbocycles. The molecule has 2 aromatic rings. The molecule has 2 aromatic carbocycles. The number of nitrogens with zero attached hydrogens (tertiary/aromatic N) is 1. The first-order valence-corrected chi connectivity index (χ1v) is 7.57. The molecule has 0 N–H and O–H groups in total. The van der Waals surface area contributed by atoms with Crippen LogP contribution in [-0.4, -0.2) is 5.71 Å². The molecule has 0 amide bonds. The molecule has 0 heterocycles. The molecular formula is C18H18ClNO. The number of halogens is 1. The third-order valence-corrected chi connectivity index (χ3v) is 4.16. The number of oxime groups is 1. The Morgan fingerprint density at radius 1 is 1.14 bits per heavy atom. The van der Waals surface area contributed by atoms with Crippen LogP contribution in [0.3, 0.4) is 0 Å². The Balaban J connectivity index is 1.53. The molecule has 0 aliphatic heterocycles. The van der Waals surface area contributed by atoms with Gasteiger partial charge in [-0.1, -0.05) is 59.2 Å². The van der Waals surface area contributed by atoms with Crippen LogP contribution in [0.1, 0.15) is 30.4 Å². The second-order valence-electron chi connectivity index (χ2n) is 5.49. The summed E-state index contributed by atoms with van der Waals surface area (Å²) in [6.45, 7) is 2.57. The minimum Gasteiger partial charge on any atom is -0.391 e. The van der Waals surface area contributed by atoms with Crippen molar-refractivity contribution in [2.24, 2.45) is 11.1 Å². The van der Waals surface area contributed by atoms with E-state index in [0.29, 0.717) is 18.4 Å². The van der Waals surface area contributed by atoms with E-state index in [9.17, 15) is 0 Å². The third-order valence-electron chi connectivity index (χ3n) is 3.91. The van der Waals surface area contributed by atoms with Gasteiger partial charge in [-0.05, 0) is 42.5 Å². The van der Waals surface area contributed by atoms with Crippen molar-refractivity contribution in [1.82, 2.24) is 0 Å². The van der Waals surface area contributed by atoms with Gasteiger partial charge in [-0.15, -0.1) is 0 Å². The number of hydrogen-bond donors (Lipinski definition) is 0. The Morgan fingerprint density at radius 3 is 2.57 bits per heavy atom. The van der Waals surface area contributed by atoms with Crippen molar-refractivity contribution in [2.45, 2.75) is 25.9 Å². The number of rotatable bonds is 5. The molecule has 0 spiro atoms. The number of benzene rings is 2. The summed E-state index contributed by atoms with van der Waals surface area (Å²) in [5, 5.41) is 5.05. The summed E-state index contributed by atoms with van der Waals surface area (Å²) in [6.07, 6.45) is 1.14.